The Morgan fingerprint density at radius 2 is 1.89 bits per heavy atom. The quantitative estimate of drug-likeness (QED) is 0.775. The van der Waals surface area contributed by atoms with E-state index < -0.39 is 0 Å². The van der Waals surface area contributed by atoms with Crippen molar-refractivity contribution in [3.8, 4) is 0 Å². The Labute approximate surface area is 123 Å². The third-order valence-electron chi connectivity index (χ3n) is 4.98. The zero-order valence-corrected chi connectivity index (χ0v) is 13.4. The molecule has 0 atom stereocenters. The largest absolute Gasteiger partial charge is 0.303 e. The van der Waals surface area contributed by atoms with Crippen LogP contribution in [-0.4, -0.2) is 24.5 Å². The molecule has 1 aromatic carbocycles. The highest BCUT2D eigenvalue weighted by Gasteiger charge is 2.36. The van der Waals surface area contributed by atoms with E-state index in [0.29, 0.717) is 5.54 Å². The smallest absolute Gasteiger partial charge is 0.0408 e. The van der Waals surface area contributed by atoms with E-state index in [-0.39, 0.29) is 0 Å². The number of nitrogens with zero attached hydrogens (tertiary/aromatic N) is 1. The molecule has 106 valence electrons. The first-order valence-corrected chi connectivity index (χ1v) is 7.73. The van der Waals surface area contributed by atoms with Gasteiger partial charge in [0.15, 0.2) is 0 Å². The highest BCUT2D eigenvalue weighted by molar-refractivity contribution is 6.30. The number of hydrogen-bond acceptors (Lipinski definition) is 1. The Morgan fingerprint density at radius 3 is 2.42 bits per heavy atom. The molecule has 0 saturated heterocycles. The molecular formula is C17H26ClN. The van der Waals surface area contributed by atoms with Crippen LogP contribution >= 0.6 is 11.6 Å². The van der Waals surface area contributed by atoms with E-state index in [1.807, 2.05) is 6.07 Å². The molecule has 0 aliphatic heterocycles. The lowest BCUT2D eigenvalue weighted by Crippen LogP contribution is -2.48. The van der Waals surface area contributed by atoms with Crippen LogP contribution in [0.3, 0.4) is 0 Å². The first-order chi connectivity index (χ1) is 8.93. The lowest BCUT2D eigenvalue weighted by molar-refractivity contribution is 0.0828. The zero-order chi connectivity index (χ0) is 14.0. The van der Waals surface area contributed by atoms with Gasteiger partial charge in [0.25, 0.3) is 0 Å². The van der Waals surface area contributed by atoms with Gasteiger partial charge in [0.05, 0.1) is 0 Å². The fraction of sp³-hybridized carbons (Fsp3) is 0.647. The number of halogens is 1. The number of rotatable bonds is 3. The summed E-state index contributed by atoms with van der Waals surface area (Å²) in [7, 11) is 4.47. The molecule has 0 heterocycles. The van der Waals surface area contributed by atoms with Crippen molar-refractivity contribution in [2.45, 2.75) is 51.5 Å². The average molecular weight is 280 g/mol. The van der Waals surface area contributed by atoms with E-state index in [4.69, 9.17) is 11.6 Å². The standard InChI is InChI=1S/C17H26ClN/c1-13-7-9-17(10-8-13,19(3)4)12-15-5-6-16(18)11-14(15)2/h5-6,11,13H,7-10,12H2,1-4H3. The first kappa shape index (κ1) is 14.9. The Kier molecular flexibility index (Phi) is 4.58. The predicted molar refractivity (Wildman–Crippen MR) is 83.9 cm³/mol. The third kappa shape index (κ3) is 3.32. The lowest BCUT2D eigenvalue weighted by Gasteiger charge is -2.45. The molecule has 1 aliphatic carbocycles. The topological polar surface area (TPSA) is 3.24 Å². The van der Waals surface area contributed by atoms with Gasteiger partial charge in [0, 0.05) is 10.6 Å². The normalized spacial score (nSPS) is 27.8. The molecular weight excluding hydrogens is 254 g/mol. The SMILES string of the molecule is Cc1cc(Cl)ccc1CC1(N(C)C)CCC(C)CC1. The summed E-state index contributed by atoms with van der Waals surface area (Å²) in [5.74, 6) is 0.888. The van der Waals surface area contributed by atoms with Gasteiger partial charge in [0.1, 0.15) is 0 Å². The Bertz CT molecular complexity index is 431. The maximum absolute atomic E-state index is 6.07. The summed E-state index contributed by atoms with van der Waals surface area (Å²) in [6, 6.07) is 6.32. The minimum Gasteiger partial charge on any atom is -0.303 e. The van der Waals surface area contributed by atoms with E-state index in [1.54, 1.807) is 0 Å². The first-order valence-electron chi connectivity index (χ1n) is 7.35. The van der Waals surface area contributed by atoms with E-state index in [2.05, 4.69) is 45.0 Å². The Morgan fingerprint density at radius 1 is 1.26 bits per heavy atom. The van der Waals surface area contributed by atoms with Crippen LogP contribution < -0.4 is 0 Å². The number of hydrogen-bond donors (Lipinski definition) is 0. The van der Waals surface area contributed by atoms with Crippen molar-refractivity contribution >= 4 is 11.6 Å². The average Bonchev–Trinajstić information content (AvgIpc) is 2.35. The molecule has 0 N–H and O–H groups in total. The summed E-state index contributed by atoms with van der Waals surface area (Å²) in [6.45, 7) is 4.56. The molecule has 1 nitrogen and oxygen atoms in total. The number of benzene rings is 1. The zero-order valence-electron chi connectivity index (χ0n) is 12.7. The van der Waals surface area contributed by atoms with Crippen molar-refractivity contribution in [1.29, 1.82) is 0 Å². The van der Waals surface area contributed by atoms with Crippen LogP contribution in [0.25, 0.3) is 0 Å². The fourth-order valence-corrected chi connectivity index (χ4v) is 3.52. The molecule has 1 saturated carbocycles. The molecule has 0 aromatic heterocycles. The molecule has 0 spiro atoms. The van der Waals surface area contributed by atoms with Gasteiger partial charge in [0.2, 0.25) is 0 Å². The highest BCUT2D eigenvalue weighted by atomic mass is 35.5. The molecule has 1 fully saturated rings. The summed E-state index contributed by atoms with van der Waals surface area (Å²) in [4.78, 5) is 2.45. The molecule has 19 heavy (non-hydrogen) atoms. The van der Waals surface area contributed by atoms with Crippen LogP contribution in [0.5, 0.6) is 0 Å². The predicted octanol–water partition coefficient (Wildman–Crippen LogP) is 4.70. The van der Waals surface area contributed by atoms with Crippen molar-refractivity contribution < 1.29 is 0 Å². The van der Waals surface area contributed by atoms with E-state index in [9.17, 15) is 0 Å². The van der Waals surface area contributed by atoms with Crippen LogP contribution in [-0.2, 0) is 6.42 Å². The van der Waals surface area contributed by atoms with Crippen LogP contribution in [0.15, 0.2) is 18.2 Å². The van der Waals surface area contributed by atoms with Gasteiger partial charge in [-0.05, 0) is 82.3 Å². The molecule has 1 aromatic rings. The summed E-state index contributed by atoms with van der Waals surface area (Å²) in [5.41, 5.74) is 3.12. The van der Waals surface area contributed by atoms with Crippen molar-refractivity contribution in [3.05, 3.63) is 34.3 Å². The van der Waals surface area contributed by atoms with Crippen molar-refractivity contribution in [2.24, 2.45) is 5.92 Å². The van der Waals surface area contributed by atoms with Crippen molar-refractivity contribution in [1.82, 2.24) is 4.90 Å². The van der Waals surface area contributed by atoms with Crippen LogP contribution in [0, 0.1) is 12.8 Å². The van der Waals surface area contributed by atoms with Crippen molar-refractivity contribution in [2.75, 3.05) is 14.1 Å². The Hall–Kier alpha value is -0.530. The second kappa shape index (κ2) is 5.85. The van der Waals surface area contributed by atoms with Gasteiger partial charge in [-0.15, -0.1) is 0 Å². The molecule has 0 amide bonds. The van der Waals surface area contributed by atoms with Crippen LogP contribution in [0.1, 0.15) is 43.7 Å². The highest BCUT2D eigenvalue weighted by Crippen LogP contribution is 2.38. The number of likely N-dealkylation sites (N-methyl/N-ethyl adjacent to an activating group) is 1. The van der Waals surface area contributed by atoms with Gasteiger partial charge in [-0.2, -0.15) is 0 Å². The minimum absolute atomic E-state index is 0.338. The summed E-state index contributed by atoms with van der Waals surface area (Å²) >= 11 is 6.07. The monoisotopic (exact) mass is 279 g/mol. The van der Waals surface area contributed by atoms with Crippen LogP contribution in [0.4, 0.5) is 0 Å². The van der Waals surface area contributed by atoms with E-state index in [0.717, 1.165) is 17.4 Å². The maximum atomic E-state index is 6.07. The van der Waals surface area contributed by atoms with Crippen molar-refractivity contribution in [3.63, 3.8) is 0 Å². The molecule has 2 rings (SSSR count). The van der Waals surface area contributed by atoms with Gasteiger partial charge < -0.3 is 4.90 Å². The summed E-state index contributed by atoms with van der Waals surface area (Å²) in [6.07, 6.45) is 6.47. The fourth-order valence-electron chi connectivity index (χ4n) is 3.29. The third-order valence-corrected chi connectivity index (χ3v) is 5.21. The minimum atomic E-state index is 0.338. The second-order valence-corrected chi connectivity index (χ2v) is 6.99. The van der Waals surface area contributed by atoms with Gasteiger partial charge in [-0.25, -0.2) is 0 Å². The van der Waals surface area contributed by atoms with Crippen LogP contribution in [0.2, 0.25) is 5.02 Å². The molecule has 0 bridgehead atoms. The summed E-state index contributed by atoms with van der Waals surface area (Å²) in [5, 5.41) is 0.845. The Balaban J connectivity index is 2.21. The van der Waals surface area contributed by atoms with Gasteiger partial charge in [-0.1, -0.05) is 24.6 Å². The molecule has 0 radical (unpaired) electrons. The molecule has 0 unspecified atom stereocenters. The maximum Gasteiger partial charge on any atom is 0.0408 e. The van der Waals surface area contributed by atoms with Gasteiger partial charge in [-0.3, -0.25) is 0 Å². The lowest BCUT2D eigenvalue weighted by atomic mass is 9.73. The summed E-state index contributed by atoms with van der Waals surface area (Å²) < 4.78 is 0. The van der Waals surface area contributed by atoms with Gasteiger partial charge >= 0.3 is 0 Å². The van der Waals surface area contributed by atoms with E-state index in [1.165, 1.54) is 36.8 Å². The second-order valence-electron chi connectivity index (χ2n) is 6.55. The number of aryl methyl sites for hydroxylation is 1. The molecule has 2 heteroatoms. The van der Waals surface area contributed by atoms with E-state index >= 15 is 0 Å². The molecule has 1 aliphatic rings.